The van der Waals surface area contributed by atoms with Crippen molar-refractivity contribution in [2.45, 2.75) is 25.9 Å². The monoisotopic (exact) mass is 552 g/mol. The molecule has 3 aromatic heterocycles. The van der Waals surface area contributed by atoms with Crippen LogP contribution in [0.25, 0.3) is 11.2 Å². The predicted octanol–water partition coefficient (Wildman–Crippen LogP) is 1.49. The number of ether oxygens (including phenoxy) is 2. The van der Waals surface area contributed by atoms with E-state index in [-0.39, 0.29) is 31.4 Å². The van der Waals surface area contributed by atoms with Crippen LogP contribution in [0.3, 0.4) is 0 Å². The molecule has 3 N–H and O–H groups in total. The highest BCUT2D eigenvalue weighted by Crippen LogP contribution is 2.36. The van der Waals surface area contributed by atoms with Gasteiger partial charge in [0, 0.05) is 23.1 Å². The fourth-order valence-electron chi connectivity index (χ4n) is 3.52. The zero-order valence-electron chi connectivity index (χ0n) is 16.7. The summed E-state index contributed by atoms with van der Waals surface area (Å²) in [5.74, 6) is 1.95. The lowest BCUT2D eigenvalue weighted by Crippen LogP contribution is -2.08. The van der Waals surface area contributed by atoms with E-state index in [0.29, 0.717) is 47.9 Å². The minimum absolute atomic E-state index is 0.0283. The number of halogens is 2. The van der Waals surface area contributed by atoms with Crippen LogP contribution in [0.5, 0.6) is 11.5 Å². The molecule has 1 aliphatic rings. The topological polar surface area (TPSA) is 139 Å². The molecule has 0 unspecified atom stereocenters. The summed E-state index contributed by atoms with van der Waals surface area (Å²) in [5, 5.41) is 17.3. The van der Waals surface area contributed by atoms with Crippen LogP contribution in [0.1, 0.15) is 23.5 Å². The van der Waals surface area contributed by atoms with E-state index in [1.807, 2.05) is 12.1 Å². The van der Waals surface area contributed by atoms with Gasteiger partial charge >= 0.3 is 6.08 Å². The van der Waals surface area contributed by atoms with Crippen molar-refractivity contribution < 1.29 is 19.0 Å². The SMILES string of the molecule is Nc1nc(F)nc2c1nc(Cc1cc3c(cc1I)OCO3)n2Cc1cn(CCCO)nn1. The van der Waals surface area contributed by atoms with Crippen LogP contribution in [0.15, 0.2) is 18.3 Å². The second-order valence-electron chi connectivity index (χ2n) is 7.19. The van der Waals surface area contributed by atoms with E-state index in [2.05, 4.69) is 47.9 Å². The van der Waals surface area contributed by atoms with Crippen LogP contribution in [0, 0.1) is 9.65 Å². The smallest absolute Gasteiger partial charge is 0.312 e. The van der Waals surface area contributed by atoms with Gasteiger partial charge in [0.2, 0.25) is 6.79 Å². The zero-order valence-corrected chi connectivity index (χ0v) is 18.9. The van der Waals surface area contributed by atoms with Gasteiger partial charge in [-0.2, -0.15) is 14.4 Å². The number of nitrogen functional groups attached to an aromatic ring is 1. The predicted molar refractivity (Wildman–Crippen MR) is 119 cm³/mol. The van der Waals surface area contributed by atoms with Crippen molar-refractivity contribution in [1.29, 1.82) is 0 Å². The molecule has 0 aliphatic carbocycles. The number of hydrogen-bond donors (Lipinski definition) is 2. The van der Waals surface area contributed by atoms with Gasteiger partial charge in [0.1, 0.15) is 11.5 Å². The van der Waals surface area contributed by atoms with Crippen LogP contribution in [-0.2, 0) is 19.5 Å². The van der Waals surface area contributed by atoms with Crippen molar-refractivity contribution in [3.8, 4) is 11.5 Å². The van der Waals surface area contributed by atoms with Gasteiger partial charge in [-0.25, -0.2) is 4.98 Å². The first-order valence-electron chi connectivity index (χ1n) is 9.78. The van der Waals surface area contributed by atoms with Crippen molar-refractivity contribution in [1.82, 2.24) is 34.5 Å². The minimum atomic E-state index is -0.924. The highest BCUT2D eigenvalue weighted by atomic mass is 127. The maximum Gasteiger partial charge on any atom is 0.312 e. The number of aliphatic hydroxyl groups is 1. The number of benzene rings is 1. The van der Waals surface area contributed by atoms with Gasteiger partial charge in [0.05, 0.1) is 12.7 Å². The first-order chi connectivity index (χ1) is 15.5. The largest absolute Gasteiger partial charge is 0.454 e. The maximum absolute atomic E-state index is 14.0. The molecule has 4 aromatic rings. The van der Waals surface area contributed by atoms with Crippen LogP contribution in [0.2, 0.25) is 0 Å². The Balaban J connectivity index is 1.55. The number of hydrogen-bond acceptors (Lipinski definition) is 9. The molecular weight excluding hydrogens is 534 g/mol. The summed E-state index contributed by atoms with van der Waals surface area (Å²) < 4.78 is 29.3. The number of aliphatic hydroxyl groups excluding tert-OH is 1. The van der Waals surface area contributed by atoms with Crippen molar-refractivity contribution in [2.24, 2.45) is 0 Å². The Labute approximate surface area is 194 Å². The normalized spacial score (nSPS) is 12.7. The third-order valence-corrected chi connectivity index (χ3v) is 6.02. The van der Waals surface area contributed by atoms with Crippen molar-refractivity contribution in [3.05, 3.63) is 45.1 Å². The van der Waals surface area contributed by atoms with E-state index in [4.69, 9.17) is 20.3 Å². The Morgan fingerprint density at radius 2 is 2.00 bits per heavy atom. The van der Waals surface area contributed by atoms with Crippen molar-refractivity contribution >= 4 is 39.6 Å². The second kappa shape index (κ2) is 8.46. The summed E-state index contributed by atoms with van der Waals surface area (Å²) in [4.78, 5) is 12.2. The minimum Gasteiger partial charge on any atom is -0.454 e. The van der Waals surface area contributed by atoms with E-state index in [9.17, 15) is 4.39 Å². The zero-order chi connectivity index (χ0) is 22.2. The average Bonchev–Trinajstić information content (AvgIpc) is 3.47. The summed E-state index contributed by atoms with van der Waals surface area (Å²) in [5.41, 5.74) is 8.14. The van der Waals surface area contributed by atoms with Crippen LogP contribution < -0.4 is 15.2 Å². The van der Waals surface area contributed by atoms with E-state index >= 15 is 0 Å². The Morgan fingerprint density at radius 3 is 2.81 bits per heavy atom. The third kappa shape index (κ3) is 3.92. The molecule has 0 atom stereocenters. The first kappa shape index (κ1) is 20.8. The fourth-order valence-corrected chi connectivity index (χ4v) is 4.15. The highest BCUT2D eigenvalue weighted by Gasteiger charge is 2.21. The van der Waals surface area contributed by atoms with Crippen LogP contribution in [-0.4, -0.2) is 53.0 Å². The number of rotatable bonds is 7. The Morgan fingerprint density at radius 1 is 1.19 bits per heavy atom. The third-order valence-electron chi connectivity index (χ3n) is 5.02. The number of nitrogens with zero attached hydrogens (tertiary/aromatic N) is 7. The fraction of sp³-hybridized carbons (Fsp3) is 0.316. The number of fused-ring (bicyclic) bond motifs is 2. The van der Waals surface area contributed by atoms with Gasteiger partial charge < -0.3 is 24.9 Å². The number of aromatic nitrogens is 7. The van der Waals surface area contributed by atoms with Crippen LogP contribution in [0.4, 0.5) is 10.2 Å². The van der Waals surface area contributed by atoms with E-state index < -0.39 is 6.08 Å². The Hall–Kier alpha value is -3.07. The summed E-state index contributed by atoms with van der Waals surface area (Å²) in [6.45, 7) is 1.06. The lowest BCUT2D eigenvalue weighted by molar-refractivity contribution is 0.174. The van der Waals surface area contributed by atoms with Gasteiger partial charge in [-0.1, -0.05) is 5.21 Å². The summed E-state index contributed by atoms with van der Waals surface area (Å²) in [7, 11) is 0. The first-order valence-corrected chi connectivity index (χ1v) is 10.9. The molecule has 5 rings (SSSR count). The molecule has 0 bridgehead atoms. The molecule has 0 saturated heterocycles. The van der Waals surface area contributed by atoms with Gasteiger partial charge in [-0.15, -0.1) is 5.10 Å². The number of nitrogens with two attached hydrogens (primary N) is 1. The summed E-state index contributed by atoms with van der Waals surface area (Å²) >= 11 is 2.23. The molecular formula is C19H18FIN8O3. The Kier molecular flexibility index (Phi) is 5.50. The van der Waals surface area contributed by atoms with E-state index in [1.54, 1.807) is 15.4 Å². The van der Waals surface area contributed by atoms with Crippen LogP contribution >= 0.6 is 22.6 Å². The molecule has 13 heteroatoms. The van der Waals surface area contributed by atoms with E-state index in [0.717, 1.165) is 9.13 Å². The molecule has 32 heavy (non-hydrogen) atoms. The molecule has 166 valence electrons. The number of anilines is 1. The standard InChI is InChI=1S/C19H18FIN8O3/c20-19-24-17(22)16-18(25-19)29(8-11-7-28(27-26-11)2-1-3-30)15(23-16)5-10-4-13-14(6-12(10)21)32-9-31-13/h4,6-7,30H,1-3,5,8-9H2,(H2,22,24,25). The lowest BCUT2D eigenvalue weighted by Gasteiger charge is -2.09. The number of aryl methyl sites for hydroxylation is 1. The van der Waals surface area contributed by atoms with Gasteiger partial charge in [0.15, 0.2) is 28.5 Å². The van der Waals surface area contributed by atoms with E-state index in [1.165, 1.54) is 0 Å². The second-order valence-corrected chi connectivity index (χ2v) is 8.35. The molecule has 0 saturated carbocycles. The molecule has 4 heterocycles. The quantitative estimate of drug-likeness (QED) is 0.258. The molecule has 0 radical (unpaired) electrons. The van der Waals surface area contributed by atoms with Gasteiger partial charge in [-0.3, -0.25) is 4.68 Å². The Bertz CT molecular complexity index is 1310. The lowest BCUT2D eigenvalue weighted by atomic mass is 10.1. The summed E-state index contributed by atoms with van der Waals surface area (Å²) in [6, 6.07) is 3.82. The maximum atomic E-state index is 14.0. The molecule has 1 aromatic carbocycles. The molecule has 11 nitrogen and oxygen atoms in total. The van der Waals surface area contributed by atoms with Gasteiger partial charge in [0.25, 0.3) is 0 Å². The molecule has 0 fully saturated rings. The van der Waals surface area contributed by atoms with Crippen molar-refractivity contribution in [3.63, 3.8) is 0 Å². The molecule has 1 aliphatic heterocycles. The molecule has 0 amide bonds. The van der Waals surface area contributed by atoms with Crippen molar-refractivity contribution in [2.75, 3.05) is 19.1 Å². The number of imidazole rings is 1. The molecule has 0 spiro atoms. The van der Waals surface area contributed by atoms with Gasteiger partial charge in [-0.05, 0) is 46.7 Å². The summed E-state index contributed by atoms with van der Waals surface area (Å²) in [6.07, 6.45) is 1.84. The average molecular weight is 552 g/mol. The highest BCUT2D eigenvalue weighted by molar-refractivity contribution is 14.1.